The molecule has 1 saturated heterocycles. The minimum atomic E-state index is -1.20. The fourth-order valence-corrected chi connectivity index (χ4v) is 3.38. The Balaban J connectivity index is 3.11. The van der Waals surface area contributed by atoms with Gasteiger partial charge in [0.2, 0.25) is 5.60 Å². The molecule has 1 rings (SSSR count). The van der Waals surface area contributed by atoms with Gasteiger partial charge in [0.25, 0.3) is 0 Å². The first-order chi connectivity index (χ1) is 9.92. The van der Waals surface area contributed by atoms with E-state index < -0.39 is 22.6 Å². The summed E-state index contributed by atoms with van der Waals surface area (Å²) in [6.07, 6.45) is 1.05. The predicted octanol–water partition coefficient (Wildman–Crippen LogP) is 4.50. The van der Waals surface area contributed by atoms with Crippen LogP contribution in [0.1, 0.15) is 82.1 Å². The maximum absolute atomic E-state index is 13.1. The molecular formula is C19H34O4. The lowest BCUT2D eigenvalue weighted by molar-refractivity contribution is -0.185. The second kappa shape index (κ2) is 5.49. The standard InChI is InChI=1S/C19H34O4/c1-15(2,3)11-18(9,16(4,5)6)13(20)23-19(10)12-17(7,8)22-14(19)21/h11-12H2,1-10H3. The molecule has 0 bridgehead atoms. The van der Waals surface area contributed by atoms with E-state index in [4.69, 9.17) is 9.47 Å². The van der Waals surface area contributed by atoms with Crippen LogP contribution in [0.15, 0.2) is 0 Å². The summed E-state index contributed by atoms with van der Waals surface area (Å²) in [5, 5.41) is 0. The van der Waals surface area contributed by atoms with Gasteiger partial charge in [-0.15, -0.1) is 0 Å². The van der Waals surface area contributed by atoms with Gasteiger partial charge in [-0.3, -0.25) is 4.79 Å². The van der Waals surface area contributed by atoms with E-state index in [1.54, 1.807) is 6.92 Å². The highest BCUT2D eigenvalue weighted by atomic mass is 16.6. The molecule has 4 nitrogen and oxygen atoms in total. The zero-order valence-electron chi connectivity index (χ0n) is 16.5. The fourth-order valence-electron chi connectivity index (χ4n) is 3.38. The Morgan fingerprint density at radius 3 is 1.87 bits per heavy atom. The van der Waals surface area contributed by atoms with Gasteiger partial charge < -0.3 is 9.47 Å². The maximum atomic E-state index is 13.1. The Kier molecular flexibility index (Phi) is 4.77. The van der Waals surface area contributed by atoms with Crippen molar-refractivity contribution in [3.63, 3.8) is 0 Å². The van der Waals surface area contributed by atoms with Crippen molar-refractivity contribution in [3.8, 4) is 0 Å². The first kappa shape index (κ1) is 20.0. The number of esters is 2. The molecule has 23 heavy (non-hydrogen) atoms. The van der Waals surface area contributed by atoms with Gasteiger partial charge >= 0.3 is 11.9 Å². The van der Waals surface area contributed by atoms with Gasteiger partial charge in [-0.05, 0) is 44.9 Å². The summed E-state index contributed by atoms with van der Waals surface area (Å²) in [6, 6.07) is 0. The van der Waals surface area contributed by atoms with Crippen molar-refractivity contribution in [2.24, 2.45) is 16.2 Å². The SMILES string of the molecule is CC(C)(C)CC(C)(C(=O)OC1(C)CC(C)(C)OC1=O)C(C)(C)C. The highest BCUT2D eigenvalue weighted by Gasteiger charge is 2.56. The Morgan fingerprint density at radius 1 is 1.09 bits per heavy atom. The van der Waals surface area contributed by atoms with Crippen molar-refractivity contribution in [1.82, 2.24) is 0 Å². The number of carbonyl (C=O) groups is 2. The first-order valence-electron chi connectivity index (χ1n) is 8.39. The smallest absolute Gasteiger partial charge is 0.351 e. The van der Waals surface area contributed by atoms with Crippen molar-refractivity contribution < 1.29 is 19.1 Å². The molecule has 0 saturated carbocycles. The third-order valence-electron chi connectivity index (χ3n) is 4.87. The van der Waals surface area contributed by atoms with E-state index in [2.05, 4.69) is 20.8 Å². The lowest BCUT2D eigenvalue weighted by Gasteiger charge is -2.44. The average molecular weight is 326 g/mol. The molecule has 2 unspecified atom stereocenters. The van der Waals surface area contributed by atoms with Crippen molar-refractivity contribution in [1.29, 1.82) is 0 Å². The van der Waals surface area contributed by atoms with Crippen molar-refractivity contribution >= 4 is 11.9 Å². The molecule has 0 N–H and O–H groups in total. The zero-order valence-corrected chi connectivity index (χ0v) is 16.5. The summed E-state index contributed by atoms with van der Waals surface area (Å²) in [5.41, 5.74) is -2.82. The van der Waals surface area contributed by atoms with Crippen LogP contribution in [0.3, 0.4) is 0 Å². The summed E-state index contributed by atoms with van der Waals surface area (Å²) in [6.45, 7) is 19.7. The molecule has 134 valence electrons. The highest BCUT2D eigenvalue weighted by Crippen LogP contribution is 2.49. The van der Waals surface area contributed by atoms with Crippen LogP contribution in [-0.4, -0.2) is 23.1 Å². The van der Waals surface area contributed by atoms with E-state index in [-0.39, 0.29) is 16.8 Å². The van der Waals surface area contributed by atoms with Gasteiger partial charge in [-0.2, -0.15) is 0 Å². The van der Waals surface area contributed by atoms with Crippen LogP contribution in [0.2, 0.25) is 0 Å². The van der Waals surface area contributed by atoms with E-state index in [1.165, 1.54) is 0 Å². The Hall–Kier alpha value is -1.06. The summed E-state index contributed by atoms with van der Waals surface area (Å²) >= 11 is 0. The van der Waals surface area contributed by atoms with Crippen LogP contribution >= 0.6 is 0 Å². The molecule has 0 aromatic rings. The van der Waals surface area contributed by atoms with Gasteiger partial charge in [-0.1, -0.05) is 41.5 Å². The quantitative estimate of drug-likeness (QED) is 0.716. The van der Waals surface area contributed by atoms with Crippen LogP contribution in [0, 0.1) is 16.2 Å². The maximum Gasteiger partial charge on any atom is 0.351 e. The molecular weight excluding hydrogens is 292 g/mol. The van der Waals surface area contributed by atoms with E-state index in [9.17, 15) is 9.59 Å². The highest BCUT2D eigenvalue weighted by molar-refractivity contribution is 5.87. The van der Waals surface area contributed by atoms with Crippen molar-refractivity contribution in [2.45, 2.75) is 93.3 Å². The third kappa shape index (κ3) is 4.27. The number of hydrogen-bond acceptors (Lipinski definition) is 4. The van der Waals surface area contributed by atoms with E-state index in [1.807, 2.05) is 41.5 Å². The summed E-state index contributed by atoms with van der Waals surface area (Å²) in [5.74, 6) is -0.778. The lowest BCUT2D eigenvalue weighted by atomic mass is 9.61. The van der Waals surface area contributed by atoms with Crippen LogP contribution in [0.25, 0.3) is 0 Å². The van der Waals surface area contributed by atoms with E-state index in [0.717, 1.165) is 0 Å². The van der Waals surface area contributed by atoms with Crippen LogP contribution in [0.5, 0.6) is 0 Å². The molecule has 2 atom stereocenters. The second-order valence-corrected chi connectivity index (χ2v) is 10.3. The van der Waals surface area contributed by atoms with Crippen LogP contribution in [-0.2, 0) is 19.1 Å². The molecule has 0 radical (unpaired) electrons. The van der Waals surface area contributed by atoms with Crippen LogP contribution < -0.4 is 0 Å². The van der Waals surface area contributed by atoms with E-state index in [0.29, 0.717) is 12.8 Å². The molecule has 0 aromatic heterocycles. The minimum Gasteiger partial charge on any atom is -0.457 e. The number of cyclic esters (lactones) is 1. The minimum absolute atomic E-state index is 0.0303. The zero-order chi connectivity index (χ0) is 18.5. The largest absolute Gasteiger partial charge is 0.457 e. The van der Waals surface area contributed by atoms with Crippen LogP contribution in [0.4, 0.5) is 0 Å². The van der Waals surface area contributed by atoms with Gasteiger partial charge in [0, 0.05) is 6.42 Å². The average Bonchev–Trinajstić information content (AvgIpc) is 2.42. The Labute approximate surface area is 141 Å². The monoisotopic (exact) mass is 326 g/mol. The first-order valence-corrected chi connectivity index (χ1v) is 8.39. The number of ether oxygens (including phenoxy) is 2. The molecule has 1 fully saturated rings. The molecule has 0 aliphatic carbocycles. The van der Waals surface area contributed by atoms with Crippen molar-refractivity contribution in [3.05, 3.63) is 0 Å². The van der Waals surface area contributed by atoms with Gasteiger partial charge in [0.1, 0.15) is 5.60 Å². The van der Waals surface area contributed by atoms with Gasteiger partial charge in [0.05, 0.1) is 5.41 Å². The molecule has 0 aromatic carbocycles. The molecule has 1 aliphatic rings. The molecule has 0 amide bonds. The number of hydrogen-bond donors (Lipinski definition) is 0. The summed E-state index contributed by atoms with van der Waals surface area (Å²) in [4.78, 5) is 25.3. The Bertz CT molecular complexity index is 492. The lowest BCUT2D eigenvalue weighted by Crippen LogP contribution is -2.48. The molecule has 1 heterocycles. The van der Waals surface area contributed by atoms with Gasteiger partial charge in [0.15, 0.2) is 0 Å². The molecule has 4 heteroatoms. The normalized spacial score (nSPS) is 27.3. The second-order valence-electron chi connectivity index (χ2n) is 10.3. The topological polar surface area (TPSA) is 52.6 Å². The summed E-state index contributed by atoms with van der Waals surface area (Å²) < 4.78 is 11.1. The van der Waals surface area contributed by atoms with E-state index >= 15 is 0 Å². The Morgan fingerprint density at radius 2 is 1.57 bits per heavy atom. The molecule has 1 aliphatic heterocycles. The number of rotatable bonds is 3. The molecule has 0 spiro atoms. The number of carbonyl (C=O) groups excluding carboxylic acids is 2. The van der Waals surface area contributed by atoms with Gasteiger partial charge in [-0.25, -0.2) is 4.79 Å². The fraction of sp³-hybridized carbons (Fsp3) is 0.895. The summed E-state index contributed by atoms with van der Waals surface area (Å²) in [7, 11) is 0. The van der Waals surface area contributed by atoms with Crippen molar-refractivity contribution in [2.75, 3.05) is 0 Å². The predicted molar refractivity (Wildman–Crippen MR) is 90.9 cm³/mol. The third-order valence-corrected chi connectivity index (χ3v) is 4.87.